The minimum atomic E-state index is -0.192. The van der Waals surface area contributed by atoms with Gasteiger partial charge in [0.1, 0.15) is 29.0 Å². The van der Waals surface area contributed by atoms with Crippen molar-refractivity contribution in [3.63, 3.8) is 0 Å². The van der Waals surface area contributed by atoms with Gasteiger partial charge < -0.3 is 19.5 Å². The van der Waals surface area contributed by atoms with Crippen LogP contribution in [0.4, 0.5) is 0 Å². The molecule has 0 aliphatic carbocycles. The molecule has 0 unspecified atom stereocenters. The molecule has 2 aromatic carbocycles. The summed E-state index contributed by atoms with van der Waals surface area (Å²) in [5.74, 6) is 1.35. The lowest BCUT2D eigenvalue weighted by molar-refractivity contribution is -0.115. The van der Waals surface area contributed by atoms with Crippen LogP contribution in [0.1, 0.15) is 11.1 Å². The highest BCUT2D eigenvalue weighted by atomic mass is 79.9. The Labute approximate surface area is 187 Å². The molecule has 0 bridgehead atoms. The van der Waals surface area contributed by atoms with E-state index >= 15 is 0 Å². The van der Waals surface area contributed by atoms with E-state index < -0.39 is 0 Å². The first-order valence-corrected chi connectivity index (χ1v) is 11.0. The molecule has 3 rings (SSSR count). The van der Waals surface area contributed by atoms with Gasteiger partial charge in [0.15, 0.2) is 0 Å². The molecule has 8 heteroatoms. The zero-order valence-corrected chi connectivity index (χ0v) is 19.0. The van der Waals surface area contributed by atoms with E-state index in [1.807, 2.05) is 49.4 Å². The monoisotopic (exact) mass is 493 g/mol. The zero-order chi connectivity index (χ0) is 20.6. The van der Waals surface area contributed by atoms with Gasteiger partial charge in [-0.05, 0) is 42.8 Å². The fourth-order valence-electron chi connectivity index (χ4n) is 2.57. The van der Waals surface area contributed by atoms with Crippen molar-refractivity contribution in [2.24, 2.45) is 0 Å². The summed E-state index contributed by atoms with van der Waals surface area (Å²) in [4.78, 5) is 12.4. The maximum Gasteiger partial charge on any atom is 0.263 e. The lowest BCUT2D eigenvalue weighted by Crippen LogP contribution is -2.17. The lowest BCUT2D eigenvalue weighted by atomic mass is 10.2. The molecular weight excluding hydrogens is 474 g/mol. The number of ether oxygens (including phenoxy) is 3. The average Bonchev–Trinajstić information content (AvgIpc) is 3.00. The van der Waals surface area contributed by atoms with Crippen molar-refractivity contribution < 1.29 is 19.0 Å². The molecule has 152 valence electrons. The molecule has 2 aromatic rings. The second-order valence-corrected chi connectivity index (χ2v) is 8.74. The molecule has 0 saturated carbocycles. The number of aryl methyl sites for hydroxylation is 1. The van der Waals surface area contributed by atoms with Crippen LogP contribution < -0.4 is 14.8 Å². The van der Waals surface area contributed by atoms with Gasteiger partial charge in [-0.25, -0.2) is 0 Å². The highest BCUT2D eigenvalue weighted by Crippen LogP contribution is 2.31. The van der Waals surface area contributed by atoms with Crippen LogP contribution in [-0.2, 0) is 9.53 Å². The molecule has 0 radical (unpaired) electrons. The third-order valence-corrected chi connectivity index (χ3v) is 5.62. The Kier molecular flexibility index (Phi) is 8.11. The summed E-state index contributed by atoms with van der Waals surface area (Å²) in [7, 11) is 0. The van der Waals surface area contributed by atoms with E-state index in [-0.39, 0.29) is 5.91 Å². The first kappa shape index (κ1) is 21.8. The fraction of sp³-hybridized carbons (Fsp3) is 0.238. The predicted octanol–water partition coefficient (Wildman–Crippen LogP) is 4.72. The molecule has 0 spiro atoms. The van der Waals surface area contributed by atoms with Gasteiger partial charge in [-0.15, -0.1) is 0 Å². The molecule has 1 N–H and O–H groups in total. The van der Waals surface area contributed by atoms with E-state index in [1.54, 1.807) is 6.08 Å². The number of amides is 1. The van der Waals surface area contributed by atoms with Crippen molar-refractivity contribution >= 4 is 56.2 Å². The summed E-state index contributed by atoms with van der Waals surface area (Å²) in [6.45, 7) is 3.79. The van der Waals surface area contributed by atoms with Crippen LogP contribution in [0.2, 0.25) is 0 Å². The maximum atomic E-state index is 11.9. The van der Waals surface area contributed by atoms with Crippen molar-refractivity contribution in [2.45, 2.75) is 6.92 Å². The van der Waals surface area contributed by atoms with Crippen molar-refractivity contribution in [3.05, 3.63) is 63.0 Å². The number of carbonyl (C=O) groups is 1. The van der Waals surface area contributed by atoms with E-state index in [0.717, 1.165) is 21.3 Å². The van der Waals surface area contributed by atoms with Crippen LogP contribution in [0.15, 0.2) is 51.8 Å². The summed E-state index contributed by atoms with van der Waals surface area (Å²) in [5.41, 5.74) is 1.90. The number of hydrogen-bond donors (Lipinski definition) is 1. The topological polar surface area (TPSA) is 56.8 Å². The van der Waals surface area contributed by atoms with E-state index in [0.29, 0.717) is 41.4 Å². The van der Waals surface area contributed by atoms with Gasteiger partial charge in [-0.3, -0.25) is 4.79 Å². The van der Waals surface area contributed by atoms with Gasteiger partial charge in [-0.2, -0.15) is 0 Å². The zero-order valence-electron chi connectivity index (χ0n) is 15.8. The summed E-state index contributed by atoms with van der Waals surface area (Å²) in [6.07, 6.45) is 1.77. The summed E-state index contributed by atoms with van der Waals surface area (Å²) >= 11 is 9.72. The molecule has 1 amide bonds. The Balaban J connectivity index is 1.46. The van der Waals surface area contributed by atoms with Gasteiger partial charge in [0.25, 0.3) is 5.91 Å². The van der Waals surface area contributed by atoms with E-state index in [9.17, 15) is 4.79 Å². The lowest BCUT2D eigenvalue weighted by Gasteiger charge is -2.11. The molecule has 1 aliphatic heterocycles. The molecular formula is C21H20BrNO4S2. The fourth-order valence-corrected chi connectivity index (χ4v) is 3.98. The number of benzene rings is 2. The first-order chi connectivity index (χ1) is 14.0. The van der Waals surface area contributed by atoms with E-state index in [4.69, 9.17) is 26.4 Å². The average molecular weight is 494 g/mol. The SMILES string of the molecule is Cc1ccccc1OCCOCCOc1ccc(Br)cc1/C=C1\SC(=S)NC1=O. The van der Waals surface area contributed by atoms with Crippen molar-refractivity contribution in [1.82, 2.24) is 5.32 Å². The number of thioether (sulfide) groups is 1. The smallest absolute Gasteiger partial charge is 0.263 e. The minimum absolute atomic E-state index is 0.192. The summed E-state index contributed by atoms with van der Waals surface area (Å²) in [6, 6.07) is 13.5. The van der Waals surface area contributed by atoms with Gasteiger partial charge in [0.2, 0.25) is 0 Å². The first-order valence-electron chi connectivity index (χ1n) is 8.96. The molecule has 5 nitrogen and oxygen atoms in total. The normalized spacial score (nSPS) is 14.9. The van der Waals surface area contributed by atoms with Crippen molar-refractivity contribution in [2.75, 3.05) is 26.4 Å². The second-order valence-electron chi connectivity index (χ2n) is 6.11. The highest BCUT2D eigenvalue weighted by molar-refractivity contribution is 9.10. The predicted molar refractivity (Wildman–Crippen MR) is 123 cm³/mol. The molecule has 1 heterocycles. The summed E-state index contributed by atoms with van der Waals surface area (Å²) < 4.78 is 18.5. The third kappa shape index (κ3) is 6.57. The molecule has 1 fully saturated rings. The van der Waals surface area contributed by atoms with Crippen LogP contribution in [0, 0.1) is 6.92 Å². The van der Waals surface area contributed by atoms with Crippen LogP contribution in [-0.4, -0.2) is 36.7 Å². The highest BCUT2D eigenvalue weighted by Gasteiger charge is 2.22. The maximum absolute atomic E-state index is 11.9. The van der Waals surface area contributed by atoms with Gasteiger partial charge >= 0.3 is 0 Å². The number of nitrogens with one attached hydrogen (secondary N) is 1. The number of para-hydroxylation sites is 1. The van der Waals surface area contributed by atoms with Crippen LogP contribution in [0.5, 0.6) is 11.5 Å². The standard InChI is InChI=1S/C21H20BrNO4S2/c1-14-4-2-3-5-17(14)26-10-8-25-9-11-27-18-7-6-16(22)12-15(18)13-19-20(24)23-21(28)29-19/h2-7,12-13H,8-11H2,1H3,(H,23,24,28)/b19-13-. The molecule has 0 atom stereocenters. The van der Waals surface area contributed by atoms with E-state index in [2.05, 4.69) is 21.2 Å². The minimum Gasteiger partial charge on any atom is -0.491 e. The summed E-state index contributed by atoms with van der Waals surface area (Å²) in [5, 5.41) is 2.61. The number of thiocarbonyl (C=S) groups is 1. The Bertz CT molecular complexity index is 933. The van der Waals surface area contributed by atoms with Gasteiger partial charge in [0.05, 0.1) is 18.1 Å². The molecule has 29 heavy (non-hydrogen) atoms. The van der Waals surface area contributed by atoms with Crippen LogP contribution in [0.25, 0.3) is 6.08 Å². The Morgan fingerprint density at radius 1 is 1.07 bits per heavy atom. The van der Waals surface area contributed by atoms with Crippen molar-refractivity contribution in [1.29, 1.82) is 0 Å². The van der Waals surface area contributed by atoms with E-state index in [1.165, 1.54) is 11.8 Å². The Morgan fingerprint density at radius 2 is 1.79 bits per heavy atom. The number of rotatable bonds is 9. The Hall–Kier alpha value is -1.87. The molecule has 0 aromatic heterocycles. The second kappa shape index (κ2) is 10.8. The Morgan fingerprint density at radius 3 is 2.48 bits per heavy atom. The van der Waals surface area contributed by atoms with Crippen molar-refractivity contribution in [3.8, 4) is 11.5 Å². The molecule has 1 aliphatic rings. The van der Waals surface area contributed by atoms with Gasteiger partial charge in [-0.1, -0.05) is 58.1 Å². The van der Waals surface area contributed by atoms with Crippen LogP contribution >= 0.6 is 39.9 Å². The number of halogens is 1. The van der Waals surface area contributed by atoms with Crippen LogP contribution in [0.3, 0.4) is 0 Å². The molecule has 1 saturated heterocycles. The van der Waals surface area contributed by atoms with Gasteiger partial charge in [0, 0.05) is 10.0 Å². The number of hydrogen-bond acceptors (Lipinski definition) is 6. The largest absolute Gasteiger partial charge is 0.491 e. The quantitative estimate of drug-likeness (QED) is 0.309. The number of carbonyl (C=O) groups excluding carboxylic acids is 1. The third-order valence-electron chi connectivity index (χ3n) is 3.96.